The highest BCUT2D eigenvalue weighted by atomic mass is 35.5. The first-order valence-corrected chi connectivity index (χ1v) is 7.38. The van der Waals surface area contributed by atoms with Crippen molar-refractivity contribution in [2.75, 3.05) is 5.32 Å². The van der Waals surface area contributed by atoms with Gasteiger partial charge >= 0.3 is 0 Å². The molecule has 1 amide bonds. The van der Waals surface area contributed by atoms with Crippen molar-refractivity contribution in [1.82, 2.24) is 0 Å². The molecule has 0 fully saturated rings. The summed E-state index contributed by atoms with van der Waals surface area (Å²) < 4.78 is 18.4. The monoisotopic (exact) mass is 361 g/mol. The van der Waals surface area contributed by atoms with Gasteiger partial charge in [0.2, 0.25) is 0 Å². The van der Waals surface area contributed by atoms with Crippen molar-refractivity contribution in [3.8, 4) is 5.75 Å². The van der Waals surface area contributed by atoms with Crippen molar-refractivity contribution >= 4 is 46.4 Å². The Morgan fingerprint density at radius 2 is 1.82 bits per heavy atom. The number of nitrogens with one attached hydrogen (secondary N) is 1. The highest BCUT2D eigenvalue weighted by Gasteiger charge is 2.16. The van der Waals surface area contributed by atoms with E-state index in [4.69, 9.17) is 39.5 Å². The fourth-order valence-corrected chi connectivity index (χ4v) is 2.14. The number of rotatable bonds is 4. The molecule has 0 aliphatic heterocycles. The van der Waals surface area contributed by atoms with E-state index in [9.17, 15) is 9.18 Å². The Bertz CT molecular complexity index is 709. The van der Waals surface area contributed by atoms with Gasteiger partial charge in [0.05, 0.1) is 20.8 Å². The molecule has 0 bridgehead atoms. The molecule has 0 saturated heterocycles. The Morgan fingerprint density at radius 3 is 2.45 bits per heavy atom. The molecule has 22 heavy (non-hydrogen) atoms. The molecule has 1 unspecified atom stereocenters. The van der Waals surface area contributed by atoms with E-state index in [2.05, 4.69) is 5.32 Å². The second kappa shape index (κ2) is 7.18. The lowest BCUT2D eigenvalue weighted by atomic mass is 10.3. The smallest absolute Gasteiger partial charge is 0.265 e. The predicted octanol–water partition coefficient (Wildman–Crippen LogP) is 5.19. The summed E-state index contributed by atoms with van der Waals surface area (Å²) in [4.78, 5) is 12.1. The van der Waals surface area contributed by atoms with Crippen LogP contribution in [0.3, 0.4) is 0 Å². The van der Waals surface area contributed by atoms with Crippen LogP contribution in [0, 0.1) is 5.82 Å². The molecule has 0 saturated carbocycles. The number of amides is 1. The van der Waals surface area contributed by atoms with Crippen LogP contribution in [-0.4, -0.2) is 12.0 Å². The molecular weight excluding hydrogens is 352 g/mol. The van der Waals surface area contributed by atoms with Crippen molar-refractivity contribution < 1.29 is 13.9 Å². The van der Waals surface area contributed by atoms with Crippen molar-refractivity contribution in [2.45, 2.75) is 13.0 Å². The topological polar surface area (TPSA) is 38.3 Å². The molecule has 3 nitrogen and oxygen atoms in total. The first-order valence-electron chi connectivity index (χ1n) is 6.24. The zero-order valence-electron chi connectivity index (χ0n) is 11.4. The summed E-state index contributed by atoms with van der Waals surface area (Å²) in [6.07, 6.45) is -0.807. The van der Waals surface area contributed by atoms with Crippen molar-refractivity contribution in [3.05, 3.63) is 57.3 Å². The van der Waals surface area contributed by atoms with Crippen molar-refractivity contribution in [1.29, 1.82) is 0 Å². The highest BCUT2D eigenvalue weighted by molar-refractivity contribution is 6.42. The molecule has 0 aliphatic carbocycles. The van der Waals surface area contributed by atoms with Crippen LogP contribution in [0.5, 0.6) is 5.75 Å². The van der Waals surface area contributed by atoms with E-state index in [1.165, 1.54) is 18.2 Å². The molecule has 0 aromatic heterocycles. The quantitative estimate of drug-likeness (QED) is 0.812. The number of halogens is 4. The summed E-state index contributed by atoms with van der Waals surface area (Å²) in [6.45, 7) is 1.56. The molecule has 1 atom stereocenters. The molecule has 0 heterocycles. The maximum atomic E-state index is 13.0. The number of anilines is 1. The highest BCUT2D eigenvalue weighted by Crippen LogP contribution is 2.27. The standard InChI is InChI=1S/C15H11Cl3FNO2/c1-8(22-10-3-4-11(16)12(17)7-10)15(21)20-14-5-2-9(19)6-13(14)18/h2-8H,1H3,(H,20,21). The van der Waals surface area contributed by atoms with Gasteiger partial charge in [-0.05, 0) is 37.3 Å². The van der Waals surface area contributed by atoms with E-state index < -0.39 is 17.8 Å². The first kappa shape index (κ1) is 16.9. The van der Waals surface area contributed by atoms with Gasteiger partial charge in [-0.1, -0.05) is 34.8 Å². The predicted molar refractivity (Wildman–Crippen MR) is 86.6 cm³/mol. The molecule has 7 heteroatoms. The lowest BCUT2D eigenvalue weighted by molar-refractivity contribution is -0.122. The minimum absolute atomic E-state index is 0.107. The first-order chi connectivity index (χ1) is 10.4. The zero-order chi connectivity index (χ0) is 16.3. The van der Waals surface area contributed by atoms with Crippen LogP contribution < -0.4 is 10.1 Å². The Morgan fingerprint density at radius 1 is 1.09 bits per heavy atom. The van der Waals surface area contributed by atoms with E-state index in [1.807, 2.05) is 0 Å². The molecule has 2 aromatic rings. The molecule has 0 spiro atoms. The van der Waals surface area contributed by atoms with Crippen molar-refractivity contribution in [2.24, 2.45) is 0 Å². The zero-order valence-corrected chi connectivity index (χ0v) is 13.6. The van der Waals surface area contributed by atoms with Crippen molar-refractivity contribution in [3.63, 3.8) is 0 Å². The lowest BCUT2D eigenvalue weighted by Gasteiger charge is -2.15. The van der Waals surface area contributed by atoms with E-state index >= 15 is 0 Å². The summed E-state index contributed by atoms with van der Waals surface area (Å²) in [5.74, 6) is -0.509. The number of benzene rings is 2. The van der Waals surface area contributed by atoms with Gasteiger partial charge in [-0.2, -0.15) is 0 Å². The van der Waals surface area contributed by atoms with Crippen LogP contribution in [-0.2, 0) is 4.79 Å². The van der Waals surface area contributed by atoms with Gasteiger partial charge in [0.25, 0.3) is 5.91 Å². The average Bonchev–Trinajstić information content (AvgIpc) is 2.45. The molecular formula is C15H11Cl3FNO2. The van der Waals surface area contributed by atoms with Gasteiger partial charge in [0, 0.05) is 6.07 Å². The minimum Gasteiger partial charge on any atom is -0.481 e. The number of hydrogen-bond acceptors (Lipinski definition) is 2. The molecule has 0 aliphatic rings. The second-order valence-corrected chi connectivity index (χ2v) is 5.67. The number of ether oxygens (including phenoxy) is 1. The summed E-state index contributed by atoms with van der Waals surface area (Å²) in [6, 6.07) is 8.37. The molecule has 116 valence electrons. The average molecular weight is 363 g/mol. The second-order valence-electron chi connectivity index (χ2n) is 4.45. The summed E-state index contributed by atoms with van der Waals surface area (Å²) >= 11 is 17.5. The Kier molecular flexibility index (Phi) is 5.51. The van der Waals surface area contributed by atoms with Crippen LogP contribution in [0.4, 0.5) is 10.1 Å². The summed E-state index contributed by atoms with van der Waals surface area (Å²) in [7, 11) is 0. The van der Waals surface area contributed by atoms with Crippen LogP contribution in [0.15, 0.2) is 36.4 Å². The van der Waals surface area contributed by atoms with Crippen LogP contribution in [0.25, 0.3) is 0 Å². The van der Waals surface area contributed by atoms with Crippen LogP contribution in [0.2, 0.25) is 15.1 Å². The van der Waals surface area contributed by atoms with Crippen LogP contribution >= 0.6 is 34.8 Å². The number of hydrogen-bond donors (Lipinski definition) is 1. The molecule has 0 radical (unpaired) electrons. The molecule has 1 N–H and O–H groups in total. The van der Waals surface area contributed by atoms with E-state index in [1.54, 1.807) is 19.1 Å². The Hall–Kier alpha value is -1.49. The third kappa shape index (κ3) is 4.26. The van der Waals surface area contributed by atoms with Gasteiger partial charge in [-0.25, -0.2) is 4.39 Å². The van der Waals surface area contributed by atoms with Crippen LogP contribution in [0.1, 0.15) is 6.92 Å². The van der Waals surface area contributed by atoms with Gasteiger partial charge in [0.1, 0.15) is 11.6 Å². The fraction of sp³-hybridized carbons (Fsp3) is 0.133. The number of carbonyl (C=O) groups is 1. The van der Waals surface area contributed by atoms with Gasteiger partial charge in [-0.3, -0.25) is 4.79 Å². The minimum atomic E-state index is -0.807. The molecule has 2 rings (SSSR count). The third-order valence-corrected chi connectivity index (χ3v) is 3.81. The van der Waals surface area contributed by atoms with E-state index in [0.29, 0.717) is 21.5 Å². The fourth-order valence-electron chi connectivity index (χ4n) is 1.63. The Labute approximate surface area is 141 Å². The third-order valence-electron chi connectivity index (χ3n) is 2.76. The van der Waals surface area contributed by atoms with Gasteiger partial charge in [-0.15, -0.1) is 0 Å². The number of carbonyl (C=O) groups excluding carboxylic acids is 1. The normalized spacial score (nSPS) is 11.9. The summed E-state index contributed by atoms with van der Waals surface area (Å²) in [5.41, 5.74) is 0.303. The van der Waals surface area contributed by atoms with E-state index in [0.717, 1.165) is 6.07 Å². The lowest BCUT2D eigenvalue weighted by Crippen LogP contribution is -2.30. The summed E-state index contributed by atoms with van der Waals surface area (Å²) in [5, 5.41) is 3.39. The maximum Gasteiger partial charge on any atom is 0.265 e. The largest absolute Gasteiger partial charge is 0.481 e. The van der Waals surface area contributed by atoms with Gasteiger partial charge < -0.3 is 10.1 Å². The maximum absolute atomic E-state index is 13.0. The van der Waals surface area contributed by atoms with Gasteiger partial charge in [0.15, 0.2) is 6.10 Å². The SMILES string of the molecule is CC(Oc1ccc(Cl)c(Cl)c1)C(=O)Nc1ccc(F)cc1Cl. The Balaban J connectivity index is 2.04. The molecule has 2 aromatic carbocycles. The van der Waals surface area contributed by atoms with E-state index in [-0.39, 0.29) is 5.02 Å².